The van der Waals surface area contributed by atoms with Crippen LogP contribution in [-0.2, 0) is 4.74 Å². The molecule has 5 nitrogen and oxygen atoms in total. The summed E-state index contributed by atoms with van der Waals surface area (Å²) in [5.74, 6) is 0.360. The van der Waals surface area contributed by atoms with E-state index in [0.29, 0.717) is 11.5 Å². The number of pyridine rings is 1. The highest BCUT2D eigenvalue weighted by molar-refractivity contribution is 7.99. The van der Waals surface area contributed by atoms with Gasteiger partial charge in [-0.1, -0.05) is 11.8 Å². The molecule has 0 N–H and O–H groups in total. The molecule has 9 heteroatoms. The molecule has 0 saturated carbocycles. The third-order valence-corrected chi connectivity index (χ3v) is 2.69. The van der Waals surface area contributed by atoms with Gasteiger partial charge in [-0.05, 0) is 12.1 Å². The molecule has 2 heterocycles. The van der Waals surface area contributed by atoms with Gasteiger partial charge in [-0.25, -0.2) is 0 Å². The number of aromatic nitrogens is 3. The Morgan fingerprint density at radius 1 is 1.21 bits per heavy atom. The molecule has 0 spiro atoms. The molecule has 0 unspecified atom stereocenters. The Balaban J connectivity index is 1.85. The predicted molar refractivity (Wildman–Crippen MR) is 60.3 cm³/mol. The summed E-state index contributed by atoms with van der Waals surface area (Å²) in [4.78, 5) is 3.84. The number of alkyl halides is 3. The summed E-state index contributed by atoms with van der Waals surface area (Å²) in [6, 6.07) is 3.38. The predicted octanol–water partition coefficient (Wildman–Crippen LogP) is 2.76. The van der Waals surface area contributed by atoms with Crippen LogP contribution in [0.5, 0.6) is 0 Å². The van der Waals surface area contributed by atoms with Crippen molar-refractivity contribution in [3.05, 3.63) is 24.5 Å². The summed E-state index contributed by atoms with van der Waals surface area (Å²) in [7, 11) is 0. The fourth-order valence-corrected chi connectivity index (χ4v) is 1.74. The van der Waals surface area contributed by atoms with Gasteiger partial charge in [0, 0.05) is 23.7 Å². The highest BCUT2D eigenvalue weighted by atomic mass is 32.2. The molecule has 0 amide bonds. The van der Waals surface area contributed by atoms with Gasteiger partial charge in [0.05, 0.1) is 6.61 Å². The van der Waals surface area contributed by atoms with Gasteiger partial charge in [0.2, 0.25) is 5.89 Å². The van der Waals surface area contributed by atoms with Crippen LogP contribution in [0.15, 0.2) is 34.2 Å². The minimum Gasteiger partial charge on any atom is -0.411 e. The second-order valence-electron chi connectivity index (χ2n) is 3.25. The zero-order valence-corrected chi connectivity index (χ0v) is 10.2. The summed E-state index contributed by atoms with van der Waals surface area (Å²) in [5.41, 5.74) is 0.695. The molecule has 2 rings (SSSR count). The number of hydrogen-bond acceptors (Lipinski definition) is 6. The molecule has 0 saturated heterocycles. The van der Waals surface area contributed by atoms with E-state index in [9.17, 15) is 13.2 Å². The monoisotopic (exact) mass is 291 g/mol. The first-order chi connectivity index (χ1) is 9.04. The van der Waals surface area contributed by atoms with Crippen LogP contribution in [0, 0.1) is 0 Å². The maximum absolute atomic E-state index is 11.7. The van der Waals surface area contributed by atoms with E-state index >= 15 is 0 Å². The minimum atomic E-state index is -4.61. The number of halogens is 3. The van der Waals surface area contributed by atoms with Gasteiger partial charge >= 0.3 is 6.36 Å². The van der Waals surface area contributed by atoms with Gasteiger partial charge in [0.25, 0.3) is 5.22 Å². The third-order valence-electron chi connectivity index (χ3n) is 1.91. The number of rotatable bonds is 5. The highest BCUT2D eigenvalue weighted by Gasteiger charge is 2.28. The van der Waals surface area contributed by atoms with Crippen molar-refractivity contribution in [3.63, 3.8) is 0 Å². The summed E-state index contributed by atoms with van der Waals surface area (Å²) < 4.78 is 44.1. The topological polar surface area (TPSA) is 61.0 Å². The summed E-state index contributed by atoms with van der Waals surface area (Å²) in [6.45, 7) is -0.471. The van der Waals surface area contributed by atoms with Crippen LogP contribution in [0.25, 0.3) is 11.5 Å². The van der Waals surface area contributed by atoms with Crippen LogP contribution >= 0.6 is 11.8 Å². The Hall–Kier alpha value is -1.61. The quantitative estimate of drug-likeness (QED) is 0.623. The van der Waals surface area contributed by atoms with E-state index in [1.165, 1.54) is 0 Å². The maximum atomic E-state index is 11.7. The van der Waals surface area contributed by atoms with Crippen LogP contribution in [0.4, 0.5) is 13.2 Å². The Labute approximate surface area is 110 Å². The van der Waals surface area contributed by atoms with E-state index < -0.39 is 13.0 Å². The normalized spacial score (nSPS) is 11.7. The first-order valence-electron chi connectivity index (χ1n) is 5.12. The van der Waals surface area contributed by atoms with Crippen LogP contribution < -0.4 is 0 Å². The first-order valence-corrected chi connectivity index (χ1v) is 6.10. The molecule has 0 aliphatic carbocycles. The van der Waals surface area contributed by atoms with E-state index in [1.54, 1.807) is 24.5 Å². The molecule has 0 bridgehead atoms. The molecular formula is C10H8F3N3O2S. The van der Waals surface area contributed by atoms with E-state index in [1.807, 2.05) is 0 Å². The van der Waals surface area contributed by atoms with Crippen molar-refractivity contribution in [3.8, 4) is 11.5 Å². The van der Waals surface area contributed by atoms with E-state index in [0.717, 1.165) is 11.8 Å². The Morgan fingerprint density at radius 2 is 1.95 bits per heavy atom. The smallest absolute Gasteiger partial charge is 0.411 e. The van der Waals surface area contributed by atoms with Gasteiger partial charge < -0.3 is 4.42 Å². The van der Waals surface area contributed by atoms with Crippen molar-refractivity contribution in [1.29, 1.82) is 0 Å². The molecule has 0 aliphatic heterocycles. The van der Waals surface area contributed by atoms with E-state index in [2.05, 4.69) is 19.9 Å². The van der Waals surface area contributed by atoms with Crippen LogP contribution in [0.1, 0.15) is 0 Å². The van der Waals surface area contributed by atoms with Gasteiger partial charge in [0.15, 0.2) is 0 Å². The summed E-state index contributed by atoms with van der Waals surface area (Å²) in [6.07, 6.45) is -1.47. The van der Waals surface area contributed by atoms with E-state index in [4.69, 9.17) is 4.42 Å². The van der Waals surface area contributed by atoms with Crippen molar-refractivity contribution >= 4 is 11.8 Å². The van der Waals surface area contributed by atoms with Crippen LogP contribution in [0.3, 0.4) is 0 Å². The molecule has 2 aromatic heterocycles. The third kappa shape index (κ3) is 4.52. The highest BCUT2D eigenvalue weighted by Crippen LogP contribution is 2.23. The van der Waals surface area contributed by atoms with Gasteiger partial charge in [-0.3, -0.25) is 9.72 Å². The average molecular weight is 291 g/mol. The average Bonchev–Trinajstić information content (AvgIpc) is 2.83. The Morgan fingerprint density at radius 3 is 2.63 bits per heavy atom. The molecule has 2 aromatic rings. The second-order valence-corrected chi connectivity index (χ2v) is 4.30. The zero-order valence-electron chi connectivity index (χ0n) is 9.42. The lowest BCUT2D eigenvalue weighted by Crippen LogP contribution is -2.15. The zero-order chi connectivity index (χ0) is 13.7. The standard InChI is InChI=1S/C10H8F3N3O2S/c11-10(12,13)17-5-6-19-9-16-15-8(18-9)7-1-3-14-4-2-7/h1-4H,5-6H2. The minimum absolute atomic E-state index is 0.0670. The van der Waals surface area contributed by atoms with Crippen molar-refractivity contribution in [2.24, 2.45) is 0 Å². The number of hydrogen-bond donors (Lipinski definition) is 0. The van der Waals surface area contributed by atoms with Gasteiger partial charge in [0.1, 0.15) is 0 Å². The first kappa shape index (κ1) is 13.8. The number of thioether (sulfide) groups is 1. The van der Waals surface area contributed by atoms with Crippen molar-refractivity contribution in [2.75, 3.05) is 12.4 Å². The molecule has 102 valence electrons. The van der Waals surface area contributed by atoms with Gasteiger partial charge in [-0.2, -0.15) is 0 Å². The van der Waals surface area contributed by atoms with Crippen molar-refractivity contribution in [2.45, 2.75) is 11.6 Å². The lowest BCUT2D eigenvalue weighted by Gasteiger charge is -2.05. The molecule has 0 aliphatic rings. The molecule has 19 heavy (non-hydrogen) atoms. The Bertz CT molecular complexity index is 518. The number of nitrogens with zero attached hydrogens (tertiary/aromatic N) is 3. The molecule has 0 atom stereocenters. The summed E-state index contributed by atoms with van der Waals surface area (Å²) in [5, 5.41) is 7.69. The SMILES string of the molecule is FC(F)(F)OCCSc1nnc(-c2ccncc2)o1. The van der Waals surface area contributed by atoms with Crippen LogP contribution in [0.2, 0.25) is 0 Å². The summed E-state index contributed by atoms with van der Waals surface area (Å²) >= 11 is 0.996. The lowest BCUT2D eigenvalue weighted by atomic mass is 10.3. The lowest BCUT2D eigenvalue weighted by molar-refractivity contribution is -0.322. The van der Waals surface area contributed by atoms with Crippen LogP contribution in [-0.4, -0.2) is 33.9 Å². The van der Waals surface area contributed by atoms with Crippen molar-refractivity contribution in [1.82, 2.24) is 15.2 Å². The second kappa shape index (κ2) is 6.02. The molecular weight excluding hydrogens is 283 g/mol. The molecule has 0 aromatic carbocycles. The van der Waals surface area contributed by atoms with Gasteiger partial charge in [-0.15, -0.1) is 23.4 Å². The Kier molecular flexibility index (Phi) is 4.38. The fraction of sp³-hybridized carbons (Fsp3) is 0.300. The van der Waals surface area contributed by atoms with E-state index in [-0.39, 0.29) is 11.0 Å². The van der Waals surface area contributed by atoms with Crippen molar-refractivity contribution < 1.29 is 22.3 Å². The largest absolute Gasteiger partial charge is 0.522 e. The molecule has 0 radical (unpaired) electrons. The maximum Gasteiger partial charge on any atom is 0.522 e. The number of ether oxygens (including phenoxy) is 1. The fourth-order valence-electron chi connectivity index (χ4n) is 1.17. The molecule has 0 fully saturated rings.